The Morgan fingerprint density at radius 1 is 0.774 bits per heavy atom. The highest BCUT2D eigenvalue weighted by Gasteiger charge is 2.57. The van der Waals surface area contributed by atoms with Crippen molar-refractivity contribution >= 4 is 36.3 Å². The number of carbonyl (C=O) groups is 2. The number of nitrogens with zero attached hydrogens (tertiary/aromatic N) is 4. The van der Waals surface area contributed by atoms with E-state index in [1.165, 1.54) is 6.20 Å². The molecule has 2 aliphatic heterocycles. The minimum atomic E-state index is -3.50. The van der Waals surface area contributed by atoms with E-state index in [0.29, 0.717) is 18.8 Å². The largest absolute Gasteiger partial charge is 0.304 e. The van der Waals surface area contributed by atoms with Gasteiger partial charge in [0.25, 0.3) is 7.44 Å². The van der Waals surface area contributed by atoms with Crippen molar-refractivity contribution in [2.75, 3.05) is 27.3 Å². The first-order chi connectivity index (χ1) is 15.1. The summed E-state index contributed by atoms with van der Waals surface area (Å²) in [5, 5.41) is 0. The molecule has 0 bridgehead atoms. The lowest BCUT2D eigenvalue weighted by Crippen LogP contribution is -2.36. The molecule has 0 N–H and O–H groups in total. The second kappa shape index (κ2) is 7.67. The van der Waals surface area contributed by atoms with Crippen molar-refractivity contribution in [2.45, 2.75) is 12.1 Å². The van der Waals surface area contributed by atoms with Gasteiger partial charge in [0, 0.05) is 37.1 Å². The van der Waals surface area contributed by atoms with Crippen LogP contribution in [0.15, 0.2) is 85.2 Å². The number of benzene rings is 2. The molecule has 2 saturated heterocycles. The van der Waals surface area contributed by atoms with Crippen LogP contribution in [-0.4, -0.2) is 35.5 Å². The maximum absolute atomic E-state index is 14.8. The maximum Gasteiger partial charge on any atom is 0.275 e. The number of rotatable bonds is 4. The smallest absolute Gasteiger partial charge is 0.275 e. The molecule has 3 aromatic rings. The van der Waals surface area contributed by atoms with E-state index in [9.17, 15) is 14.2 Å². The van der Waals surface area contributed by atoms with Crippen LogP contribution in [0.2, 0.25) is 0 Å². The number of para-hydroxylation sites is 2. The zero-order valence-electron chi connectivity index (χ0n) is 16.7. The number of hydrogen-bond acceptors (Lipinski definition) is 4. The summed E-state index contributed by atoms with van der Waals surface area (Å²) in [6.07, 6.45) is 2.96. The fourth-order valence-corrected chi connectivity index (χ4v) is 7.78. The van der Waals surface area contributed by atoms with Crippen LogP contribution >= 0.6 is 7.44 Å². The fourth-order valence-electron chi connectivity index (χ4n) is 4.37. The average molecular weight is 432 g/mol. The normalized spacial score (nSPS) is 20.5. The summed E-state index contributed by atoms with van der Waals surface area (Å²) in [6, 6.07) is 22.2. The van der Waals surface area contributed by atoms with Crippen molar-refractivity contribution in [2.24, 2.45) is 0 Å². The molecule has 0 radical (unpaired) electrons. The molecule has 1 aromatic heterocycles. The highest BCUT2D eigenvalue weighted by atomic mass is 31.2. The third-order valence-corrected chi connectivity index (χ3v) is 9.22. The summed E-state index contributed by atoms with van der Waals surface area (Å²) in [7, 11) is -3.50. The lowest BCUT2D eigenvalue weighted by Gasteiger charge is -2.35. The summed E-state index contributed by atoms with van der Waals surface area (Å²) < 4.78 is 18.5. The number of amides is 2. The molecule has 0 saturated carbocycles. The Kier molecular flexibility index (Phi) is 4.83. The SMILES string of the molecule is O=C1CC(P2(=O)N(c3ccccc3)CCN2c2ccccc2)C(=O)N1c1cccnc1. The van der Waals surface area contributed by atoms with Gasteiger partial charge in [0.1, 0.15) is 5.66 Å². The van der Waals surface area contributed by atoms with Crippen LogP contribution in [0, 0.1) is 0 Å². The second-order valence-corrected chi connectivity index (χ2v) is 10.3. The molecular weight excluding hydrogens is 411 g/mol. The molecule has 2 amide bonds. The predicted molar refractivity (Wildman–Crippen MR) is 120 cm³/mol. The lowest BCUT2D eigenvalue weighted by atomic mass is 10.3. The van der Waals surface area contributed by atoms with Gasteiger partial charge in [-0.3, -0.25) is 19.1 Å². The van der Waals surface area contributed by atoms with E-state index >= 15 is 0 Å². The van der Waals surface area contributed by atoms with E-state index in [1.54, 1.807) is 18.3 Å². The summed E-state index contributed by atoms with van der Waals surface area (Å²) in [4.78, 5) is 31.6. The molecule has 2 fully saturated rings. The first-order valence-corrected chi connectivity index (χ1v) is 11.8. The van der Waals surface area contributed by atoms with Crippen molar-refractivity contribution in [1.29, 1.82) is 0 Å². The number of pyridine rings is 1. The third-order valence-electron chi connectivity index (χ3n) is 5.76. The van der Waals surface area contributed by atoms with Gasteiger partial charge in [-0.1, -0.05) is 36.4 Å². The van der Waals surface area contributed by atoms with Crippen LogP contribution in [0.25, 0.3) is 0 Å². The van der Waals surface area contributed by atoms with Gasteiger partial charge in [-0.15, -0.1) is 0 Å². The first-order valence-electron chi connectivity index (χ1n) is 10.1. The molecular formula is C23H21N4O3P. The summed E-state index contributed by atoms with van der Waals surface area (Å²) >= 11 is 0. The van der Waals surface area contributed by atoms with Crippen LogP contribution in [0.5, 0.6) is 0 Å². The van der Waals surface area contributed by atoms with Gasteiger partial charge in [0.05, 0.1) is 11.9 Å². The van der Waals surface area contributed by atoms with E-state index in [0.717, 1.165) is 16.3 Å². The number of aromatic nitrogens is 1. The molecule has 8 heteroatoms. The van der Waals surface area contributed by atoms with Crippen LogP contribution in [0.3, 0.4) is 0 Å². The standard InChI is InChI=1S/C23H21N4O3P/c28-22-16-21(23(29)27(22)20-12-7-13-24-17-20)31(30)25(18-8-3-1-4-9-18)14-15-26(31)19-10-5-2-6-11-19/h1-13,17,21H,14-16H2. The van der Waals surface area contributed by atoms with E-state index in [1.807, 2.05) is 70.0 Å². The molecule has 3 heterocycles. The van der Waals surface area contributed by atoms with Crippen molar-refractivity contribution in [3.05, 3.63) is 85.2 Å². The Hall–Kier alpha value is -3.44. The zero-order valence-corrected chi connectivity index (χ0v) is 17.6. The van der Waals surface area contributed by atoms with Gasteiger partial charge in [0.15, 0.2) is 0 Å². The summed E-state index contributed by atoms with van der Waals surface area (Å²) in [5.41, 5.74) is 1.01. The zero-order chi connectivity index (χ0) is 21.4. The fraction of sp³-hybridized carbons (Fsp3) is 0.174. The van der Waals surface area contributed by atoms with Crippen molar-refractivity contribution in [3.63, 3.8) is 0 Å². The highest BCUT2D eigenvalue weighted by molar-refractivity contribution is 7.69. The van der Waals surface area contributed by atoms with Gasteiger partial charge in [0.2, 0.25) is 11.8 Å². The summed E-state index contributed by atoms with van der Waals surface area (Å²) in [5.74, 6) is -0.795. The van der Waals surface area contributed by atoms with Gasteiger partial charge >= 0.3 is 0 Å². The van der Waals surface area contributed by atoms with Crippen molar-refractivity contribution < 1.29 is 14.2 Å². The molecule has 1 atom stereocenters. The lowest BCUT2D eigenvalue weighted by molar-refractivity contribution is -0.121. The van der Waals surface area contributed by atoms with Crippen LogP contribution in [0.4, 0.5) is 17.1 Å². The molecule has 7 nitrogen and oxygen atoms in total. The molecule has 0 aliphatic carbocycles. The number of hydrogen-bond donors (Lipinski definition) is 0. The van der Waals surface area contributed by atoms with Crippen LogP contribution in [-0.2, 0) is 14.2 Å². The minimum Gasteiger partial charge on any atom is -0.304 e. The van der Waals surface area contributed by atoms with Crippen molar-refractivity contribution in [3.8, 4) is 0 Å². The van der Waals surface area contributed by atoms with Gasteiger partial charge in [-0.2, -0.15) is 0 Å². The van der Waals surface area contributed by atoms with Gasteiger partial charge < -0.3 is 9.34 Å². The second-order valence-electron chi connectivity index (χ2n) is 7.51. The van der Waals surface area contributed by atoms with Gasteiger partial charge in [-0.05, 0) is 36.4 Å². The van der Waals surface area contributed by atoms with E-state index in [4.69, 9.17) is 0 Å². The number of carbonyl (C=O) groups excluding carboxylic acids is 2. The predicted octanol–water partition coefficient (Wildman–Crippen LogP) is 3.93. The Morgan fingerprint density at radius 2 is 1.32 bits per heavy atom. The van der Waals surface area contributed by atoms with E-state index in [2.05, 4.69) is 4.98 Å². The summed E-state index contributed by atoms with van der Waals surface area (Å²) in [6.45, 7) is 1.00. The van der Waals surface area contributed by atoms with E-state index in [-0.39, 0.29) is 12.3 Å². The monoisotopic (exact) mass is 432 g/mol. The molecule has 1 unspecified atom stereocenters. The van der Waals surface area contributed by atoms with Crippen molar-refractivity contribution in [1.82, 2.24) is 4.98 Å². The quantitative estimate of drug-likeness (QED) is 0.459. The Balaban J connectivity index is 1.61. The number of imide groups is 1. The Labute approximate surface area is 180 Å². The molecule has 2 aliphatic rings. The van der Waals surface area contributed by atoms with Crippen LogP contribution < -0.4 is 14.2 Å². The van der Waals surface area contributed by atoms with E-state index < -0.39 is 19.0 Å². The Morgan fingerprint density at radius 3 is 1.84 bits per heavy atom. The molecule has 0 spiro atoms. The maximum atomic E-state index is 14.8. The number of anilines is 3. The topological polar surface area (TPSA) is 73.8 Å². The molecule has 5 rings (SSSR count). The molecule has 31 heavy (non-hydrogen) atoms. The van der Waals surface area contributed by atoms with Crippen LogP contribution in [0.1, 0.15) is 6.42 Å². The average Bonchev–Trinajstić information content (AvgIpc) is 3.32. The van der Waals surface area contributed by atoms with Gasteiger partial charge in [-0.25, -0.2) is 4.90 Å². The molecule has 156 valence electrons. The minimum absolute atomic E-state index is 0.0995. The first kappa shape index (κ1) is 19.5. The highest BCUT2D eigenvalue weighted by Crippen LogP contribution is 2.65. The third kappa shape index (κ3) is 3.13. The Bertz CT molecular complexity index is 1110. The molecule has 2 aromatic carbocycles.